The summed E-state index contributed by atoms with van der Waals surface area (Å²) < 4.78 is 0. The fourth-order valence-corrected chi connectivity index (χ4v) is 1.99. The lowest BCUT2D eigenvalue weighted by atomic mass is 9.95. The highest BCUT2D eigenvalue weighted by atomic mass is 14.1. The molecule has 0 fully saturated rings. The van der Waals surface area contributed by atoms with Crippen molar-refractivity contribution in [2.75, 3.05) is 0 Å². The van der Waals surface area contributed by atoms with Crippen molar-refractivity contribution in [3.05, 3.63) is 59.2 Å². The van der Waals surface area contributed by atoms with Gasteiger partial charge < -0.3 is 0 Å². The molecule has 0 amide bonds. The third-order valence-electron chi connectivity index (χ3n) is 2.82. The summed E-state index contributed by atoms with van der Waals surface area (Å²) in [6.07, 6.45) is 0. The van der Waals surface area contributed by atoms with E-state index in [1.807, 2.05) is 13.8 Å². The highest BCUT2D eigenvalue weighted by molar-refractivity contribution is 5.70. The summed E-state index contributed by atoms with van der Waals surface area (Å²) >= 11 is 0. The molecule has 0 heteroatoms. The molecule has 0 heterocycles. The van der Waals surface area contributed by atoms with Gasteiger partial charge in [0.2, 0.25) is 0 Å². The van der Waals surface area contributed by atoms with E-state index < -0.39 is 0 Å². The van der Waals surface area contributed by atoms with E-state index in [0.717, 1.165) is 0 Å². The monoisotopic (exact) mass is 226 g/mol. The van der Waals surface area contributed by atoms with Crippen molar-refractivity contribution in [3.63, 3.8) is 0 Å². The third-order valence-corrected chi connectivity index (χ3v) is 2.82. The number of hydrogen-bond acceptors (Lipinski definition) is 0. The van der Waals surface area contributed by atoms with E-state index in [1.165, 1.54) is 27.8 Å². The highest BCUT2D eigenvalue weighted by Crippen LogP contribution is 2.26. The molecule has 2 aromatic rings. The fourth-order valence-electron chi connectivity index (χ4n) is 1.99. The van der Waals surface area contributed by atoms with Gasteiger partial charge in [-0.3, -0.25) is 0 Å². The van der Waals surface area contributed by atoms with E-state index in [2.05, 4.69) is 63.2 Å². The van der Waals surface area contributed by atoms with E-state index in [1.54, 1.807) is 0 Å². The summed E-state index contributed by atoms with van der Waals surface area (Å²) in [5.74, 6) is 0. The Hall–Kier alpha value is -1.56. The maximum absolute atomic E-state index is 2.24. The molecule has 0 saturated carbocycles. The summed E-state index contributed by atoms with van der Waals surface area (Å²) in [6.45, 7) is 10.5. The second kappa shape index (κ2) is 6.24. The van der Waals surface area contributed by atoms with Crippen molar-refractivity contribution in [1.82, 2.24) is 0 Å². The van der Waals surface area contributed by atoms with Crippen LogP contribution in [0.5, 0.6) is 0 Å². The minimum Gasteiger partial charge on any atom is -0.0683 e. The van der Waals surface area contributed by atoms with Crippen LogP contribution >= 0.6 is 0 Å². The number of benzene rings is 2. The number of aryl methyl sites for hydroxylation is 3. The van der Waals surface area contributed by atoms with Gasteiger partial charge in [-0.05, 0) is 43.0 Å². The molecule has 0 N–H and O–H groups in total. The lowest BCUT2D eigenvalue weighted by molar-refractivity contribution is 1.36. The van der Waals surface area contributed by atoms with Crippen molar-refractivity contribution < 1.29 is 0 Å². The smallest absolute Gasteiger partial charge is 0.0152 e. The minimum atomic E-state index is 1.32. The van der Waals surface area contributed by atoms with Gasteiger partial charge in [-0.2, -0.15) is 0 Å². The SMILES string of the molecule is CC.Cc1ccc(-c2ccccc2C)c(C)c1. The van der Waals surface area contributed by atoms with E-state index in [0.29, 0.717) is 0 Å². The first kappa shape index (κ1) is 13.5. The minimum absolute atomic E-state index is 1.32. The first-order valence-corrected chi connectivity index (χ1v) is 6.32. The second-order valence-corrected chi connectivity index (χ2v) is 4.13. The van der Waals surface area contributed by atoms with Gasteiger partial charge in [0, 0.05) is 0 Å². The zero-order chi connectivity index (χ0) is 12.8. The van der Waals surface area contributed by atoms with Crippen LogP contribution in [0.2, 0.25) is 0 Å². The summed E-state index contributed by atoms with van der Waals surface area (Å²) in [5, 5.41) is 0. The molecule has 0 saturated heterocycles. The Bertz CT molecular complexity index is 481. The zero-order valence-corrected chi connectivity index (χ0v) is 11.5. The molecule has 0 spiro atoms. The lowest BCUT2D eigenvalue weighted by Gasteiger charge is -2.09. The molecule has 0 aliphatic rings. The molecule has 90 valence electrons. The topological polar surface area (TPSA) is 0 Å². The standard InChI is InChI=1S/C15H16.C2H6/c1-11-8-9-15(13(3)10-11)14-7-5-4-6-12(14)2;1-2/h4-10H,1-3H3;1-2H3. The second-order valence-electron chi connectivity index (χ2n) is 4.13. The lowest BCUT2D eigenvalue weighted by Crippen LogP contribution is -1.87. The number of rotatable bonds is 1. The van der Waals surface area contributed by atoms with E-state index in [9.17, 15) is 0 Å². The summed E-state index contributed by atoms with van der Waals surface area (Å²) in [5.41, 5.74) is 6.70. The van der Waals surface area contributed by atoms with Gasteiger partial charge in [-0.15, -0.1) is 0 Å². The Labute approximate surface area is 105 Å². The van der Waals surface area contributed by atoms with Crippen molar-refractivity contribution >= 4 is 0 Å². The average molecular weight is 226 g/mol. The van der Waals surface area contributed by atoms with Gasteiger partial charge in [0.25, 0.3) is 0 Å². The van der Waals surface area contributed by atoms with Gasteiger partial charge in [0.1, 0.15) is 0 Å². The van der Waals surface area contributed by atoms with E-state index in [-0.39, 0.29) is 0 Å². The van der Waals surface area contributed by atoms with Gasteiger partial charge >= 0.3 is 0 Å². The first-order chi connectivity index (χ1) is 8.18. The Kier molecular flexibility index (Phi) is 4.96. The first-order valence-electron chi connectivity index (χ1n) is 6.32. The summed E-state index contributed by atoms with van der Waals surface area (Å²) in [4.78, 5) is 0. The molecule has 0 unspecified atom stereocenters. The molecule has 17 heavy (non-hydrogen) atoms. The molecule has 0 aromatic heterocycles. The fraction of sp³-hybridized carbons (Fsp3) is 0.294. The maximum atomic E-state index is 2.24. The predicted octanol–water partition coefficient (Wildman–Crippen LogP) is 5.31. The van der Waals surface area contributed by atoms with Crippen LogP contribution in [0.1, 0.15) is 30.5 Å². The molecular formula is C17H22. The van der Waals surface area contributed by atoms with Crippen LogP contribution in [0, 0.1) is 20.8 Å². The molecule has 0 atom stereocenters. The van der Waals surface area contributed by atoms with Crippen molar-refractivity contribution in [2.45, 2.75) is 34.6 Å². The Balaban J connectivity index is 0.000000686. The van der Waals surface area contributed by atoms with E-state index in [4.69, 9.17) is 0 Å². The van der Waals surface area contributed by atoms with Gasteiger partial charge in [0.15, 0.2) is 0 Å². The summed E-state index contributed by atoms with van der Waals surface area (Å²) in [6, 6.07) is 15.2. The highest BCUT2D eigenvalue weighted by Gasteiger charge is 2.03. The zero-order valence-electron chi connectivity index (χ0n) is 11.5. The Morgan fingerprint density at radius 2 is 1.24 bits per heavy atom. The summed E-state index contributed by atoms with van der Waals surface area (Å²) in [7, 11) is 0. The van der Waals surface area contributed by atoms with Crippen LogP contribution in [0.25, 0.3) is 11.1 Å². The Morgan fingerprint density at radius 1 is 0.647 bits per heavy atom. The normalized spacial score (nSPS) is 9.47. The number of hydrogen-bond donors (Lipinski definition) is 0. The van der Waals surface area contributed by atoms with Crippen LogP contribution in [0.3, 0.4) is 0 Å². The van der Waals surface area contributed by atoms with Crippen LogP contribution in [0.4, 0.5) is 0 Å². The largest absolute Gasteiger partial charge is 0.0683 e. The maximum Gasteiger partial charge on any atom is -0.0152 e. The predicted molar refractivity (Wildman–Crippen MR) is 77.4 cm³/mol. The van der Waals surface area contributed by atoms with Crippen LogP contribution in [-0.2, 0) is 0 Å². The molecule has 0 aliphatic heterocycles. The van der Waals surface area contributed by atoms with Gasteiger partial charge in [-0.25, -0.2) is 0 Å². The van der Waals surface area contributed by atoms with Gasteiger partial charge in [0.05, 0.1) is 0 Å². The van der Waals surface area contributed by atoms with Gasteiger partial charge in [-0.1, -0.05) is 61.9 Å². The average Bonchev–Trinajstić information content (AvgIpc) is 2.33. The molecular weight excluding hydrogens is 204 g/mol. The molecule has 0 bridgehead atoms. The molecule has 2 rings (SSSR count). The quantitative estimate of drug-likeness (QED) is 0.618. The van der Waals surface area contributed by atoms with Crippen LogP contribution in [-0.4, -0.2) is 0 Å². The molecule has 0 aliphatic carbocycles. The van der Waals surface area contributed by atoms with Crippen LogP contribution < -0.4 is 0 Å². The van der Waals surface area contributed by atoms with Crippen molar-refractivity contribution in [3.8, 4) is 11.1 Å². The van der Waals surface area contributed by atoms with E-state index >= 15 is 0 Å². The molecule has 0 radical (unpaired) electrons. The van der Waals surface area contributed by atoms with Crippen molar-refractivity contribution in [1.29, 1.82) is 0 Å². The molecule has 0 nitrogen and oxygen atoms in total. The molecule has 2 aromatic carbocycles. The third kappa shape index (κ3) is 3.20. The Morgan fingerprint density at radius 3 is 1.82 bits per heavy atom. The van der Waals surface area contributed by atoms with Crippen molar-refractivity contribution in [2.24, 2.45) is 0 Å². The van der Waals surface area contributed by atoms with Crippen LogP contribution in [0.15, 0.2) is 42.5 Å².